The fourth-order valence-electron chi connectivity index (χ4n) is 3.68. The van der Waals surface area contributed by atoms with Gasteiger partial charge in [0.2, 0.25) is 0 Å². The topological polar surface area (TPSA) is 67.1 Å². The van der Waals surface area contributed by atoms with Gasteiger partial charge in [0, 0.05) is 11.7 Å². The van der Waals surface area contributed by atoms with Gasteiger partial charge in [-0.25, -0.2) is 0 Å². The molecule has 0 aliphatic carbocycles. The molecule has 1 aromatic carbocycles. The summed E-state index contributed by atoms with van der Waals surface area (Å²) in [5.41, 5.74) is 2.09. The van der Waals surface area contributed by atoms with E-state index in [1.54, 1.807) is 0 Å². The van der Waals surface area contributed by atoms with E-state index in [0.29, 0.717) is 19.1 Å². The first-order valence-corrected chi connectivity index (χ1v) is 10.4. The summed E-state index contributed by atoms with van der Waals surface area (Å²) in [5.74, 6) is 0.219. The molecule has 1 aliphatic rings. The van der Waals surface area contributed by atoms with Gasteiger partial charge < -0.3 is 20.4 Å². The van der Waals surface area contributed by atoms with Gasteiger partial charge in [-0.05, 0) is 30.9 Å². The van der Waals surface area contributed by atoms with Crippen LogP contribution in [0, 0.1) is 0 Å². The molecule has 0 bridgehead atoms. The van der Waals surface area contributed by atoms with Crippen LogP contribution >= 0.6 is 0 Å². The highest BCUT2D eigenvalue weighted by Gasteiger charge is 2.26. The molecule has 1 fully saturated rings. The summed E-state index contributed by atoms with van der Waals surface area (Å²) in [6, 6.07) is 8.26. The SMILES string of the molecule is CCc1ccccc1NC(=O)C[NH+]1CC[NH+](CC(=O)NC(CC)CC)CC1. The van der Waals surface area contributed by atoms with Crippen molar-refractivity contribution < 1.29 is 19.4 Å². The van der Waals surface area contributed by atoms with E-state index in [0.717, 1.165) is 51.1 Å². The second-order valence-corrected chi connectivity index (χ2v) is 7.49. The van der Waals surface area contributed by atoms with Crippen molar-refractivity contribution in [2.45, 2.75) is 46.1 Å². The van der Waals surface area contributed by atoms with Crippen molar-refractivity contribution in [3.63, 3.8) is 0 Å². The minimum absolute atomic E-state index is 0.0702. The van der Waals surface area contributed by atoms with Crippen molar-refractivity contribution >= 4 is 17.5 Å². The number of nitrogens with one attached hydrogen (secondary N) is 4. The fraction of sp³-hybridized carbons (Fsp3) is 0.619. The number of anilines is 1. The van der Waals surface area contributed by atoms with Crippen LogP contribution in [-0.4, -0.2) is 57.1 Å². The first-order chi connectivity index (χ1) is 13.0. The lowest BCUT2D eigenvalue weighted by molar-refractivity contribution is -1.00. The third kappa shape index (κ3) is 6.96. The lowest BCUT2D eigenvalue weighted by atomic mass is 10.1. The molecular formula is C21H36N4O2+2. The predicted molar refractivity (Wildman–Crippen MR) is 108 cm³/mol. The Hall–Kier alpha value is -1.92. The molecule has 6 nitrogen and oxygen atoms in total. The minimum Gasteiger partial charge on any atom is -0.349 e. The smallest absolute Gasteiger partial charge is 0.279 e. The van der Waals surface area contributed by atoms with Gasteiger partial charge in [-0.2, -0.15) is 0 Å². The molecule has 1 heterocycles. The number of hydrogen-bond donors (Lipinski definition) is 4. The van der Waals surface area contributed by atoms with Crippen molar-refractivity contribution in [3.8, 4) is 0 Å². The number of rotatable bonds is 9. The predicted octanol–water partition coefficient (Wildman–Crippen LogP) is -0.724. The van der Waals surface area contributed by atoms with Crippen LogP contribution in [-0.2, 0) is 16.0 Å². The average Bonchev–Trinajstić information content (AvgIpc) is 2.68. The highest BCUT2D eigenvalue weighted by atomic mass is 16.2. The maximum atomic E-state index is 12.4. The Balaban J connectivity index is 1.72. The molecule has 0 atom stereocenters. The molecule has 1 aromatic rings. The third-order valence-electron chi connectivity index (χ3n) is 5.51. The Morgan fingerprint density at radius 1 is 0.926 bits per heavy atom. The van der Waals surface area contributed by atoms with Gasteiger partial charge in [-0.3, -0.25) is 9.59 Å². The van der Waals surface area contributed by atoms with E-state index in [9.17, 15) is 9.59 Å². The number of piperazine rings is 1. The molecule has 0 unspecified atom stereocenters. The molecule has 1 saturated heterocycles. The standard InChI is InChI=1S/C21H34N4O2/c1-4-17-9-7-8-10-19(17)23-21(27)16-25-13-11-24(12-14-25)15-20(26)22-18(5-2)6-3/h7-10,18H,4-6,11-16H2,1-3H3,(H,22,26)(H,23,27)/p+2. The summed E-state index contributed by atoms with van der Waals surface area (Å²) in [6.07, 6.45) is 2.86. The number of aryl methyl sites for hydroxylation is 1. The summed E-state index contributed by atoms with van der Waals surface area (Å²) in [7, 11) is 0. The van der Waals surface area contributed by atoms with E-state index in [1.807, 2.05) is 18.2 Å². The molecular weight excluding hydrogens is 340 g/mol. The molecule has 0 saturated carbocycles. The normalized spacial score (nSPS) is 19.7. The van der Waals surface area contributed by atoms with Gasteiger partial charge in [0.25, 0.3) is 11.8 Å². The lowest BCUT2D eigenvalue weighted by Crippen LogP contribution is -3.28. The van der Waals surface area contributed by atoms with Crippen LogP contribution in [0.3, 0.4) is 0 Å². The number of para-hydroxylation sites is 1. The monoisotopic (exact) mass is 376 g/mol. The van der Waals surface area contributed by atoms with E-state index < -0.39 is 0 Å². The van der Waals surface area contributed by atoms with Crippen LogP contribution in [0.2, 0.25) is 0 Å². The van der Waals surface area contributed by atoms with Crippen LogP contribution in [0.25, 0.3) is 0 Å². The van der Waals surface area contributed by atoms with Crippen LogP contribution in [0.5, 0.6) is 0 Å². The van der Waals surface area contributed by atoms with Crippen molar-refractivity contribution in [1.29, 1.82) is 0 Å². The number of carbonyl (C=O) groups excluding carboxylic acids is 2. The molecule has 2 amide bonds. The number of benzene rings is 1. The van der Waals surface area contributed by atoms with E-state index in [-0.39, 0.29) is 11.8 Å². The molecule has 0 spiro atoms. The summed E-state index contributed by atoms with van der Waals surface area (Å²) >= 11 is 0. The number of hydrogen-bond acceptors (Lipinski definition) is 2. The maximum Gasteiger partial charge on any atom is 0.279 e. The minimum atomic E-state index is 0.0702. The van der Waals surface area contributed by atoms with E-state index in [4.69, 9.17) is 0 Å². The van der Waals surface area contributed by atoms with Gasteiger partial charge >= 0.3 is 0 Å². The van der Waals surface area contributed by atoms with Crippen LogP contribution < -0.4 is 20.4 Å². The Morgan fingerprint density at radius 2 is 1.48 bits per heavy atom. The third-order valence-corrected chi connectivity index (χ3v) is 5.51. The van der Waals surface area contributed by atoms with Crippen molar-refractivity contribution in [3.05, 3.63) is 29.8 Å². The van der Waals surface area contributed by atoms with Gasteiger partial charge in [-0.15, -0.1) is 0 Å². The van der Waals surface area contributed by atoms with Gasteiger partial charge in [0.15, 0.2) is 13.1 Å². The summed E-state index contributed by atoms with van der Waals surface area (Å²) in [6.45, 7) is 11.1. The first kappa shape index (κ1) is 21.4. The van der Waals surface area contributed by atoms with Gasteiger partial charge in [0.05, 0.1) is 0 Å². The highest BCUT2D eigenvalue weighted by molar-refractivity contribution is 5.92. The van der Waals surface area contributed by atoms with Crippen molar-refractivity contribution in [2.24, 2.45) is 0 Å². The molecule has 2 rings (SSSR count). The Bertz CT molecular complexity index is 608. The largest absolute Gasteiger partial charge is 0.349 e. The number of quaternary nitrogens is 2. The van der Waals surface area contributed by atoms with Crippen LogP contribution in [0.15, 0.2) is 24.3 Å². The molecule has 27 heavy (non-hydrogen) atoms. The van der Waals surface area contributed by atoms with Crippen LogP contribution in [0.4, 0.5) is 5.69 Å². The van der Waals surface area contributed by atoms with Gasteiger partial charge in [0.1, 0.15) is 26.2 Å². The first-order valence-electron chi connectivity index (χ1n) is 10.4. The maximum absolute atomic E-state index is 12.4. The zero-order valence-corrected chi connectivity index (χ0v) is 17.1. The van der Waals surface area contributed by atoms with Crippen LogP contribution in [0.1, 0.15) is 39.2 Å². The second kappa shape index (κ2) is 11.0. The van der Waals surface area contributed by atoms with E-state index in [1.165, 1.54) is 15.4 Å². The Kier molecular flexibility index (Phi) is 8.75. The fourth-order valence-corrected chi connectivity index (χ4v) is 3.68. The zero-order chi connectivity index (χ0) is 19.6. The number of carbonyl (C=O) groups is 2. The molecule has 150 valence electrons. The molecule has 0 radical (unpaired) electrons. The summed E-state index contributed by atoms with van der Waals surface area (Å²) in [5, 5.41) is 6.17. The number of amides is 2. The molecule has 1 aliphatic heterocycles. The Morgan fingerprint density at radius 3 is 2.04 bits per heavy atom. The second-order valence-electron chi connectivity index (χ2n) is 7.49. The highest BCUT2D eigenvalue weighted by Crippen LogP contribution is 2.14. The summed E-state index contributed by atoms with van der Waals surface area (Å²) < 4.78 is 0. The molecule has 4 N–H and O–H groups in total. The van der Waals surface area contributed by atoms with E-state index in [2.05, 4.69) is 37.5 Å². The van der Waals surface area contributed by atoms with Gasteiger partial charge in [-0.1, -0.05) is 39.0 Å². The molecule has 6 heteroatoms. The Labute approximate surface area is 163 Å². The van der Waals surface area contributed by atoms with Crippen molar-refractivity contribution in [2.75, 3.05) is 44.6 Å². The lowest BCUT2D eigenvalue weighted by Gasteiger charge is -2.29. The summed E-state index contributed by atoms with van der Waals surface area (Å²) in [4.78, 5) is 27.2. The van der Waals surface area contributed by atoms with Crippen molar-refractivity contribution in [1.82, 2.24) is 5.32 Å². The quantitative estimate of drug-likeness (QED) is 0.459. The average molecular weight is 377 g/mol. The van der Waals surface area contributed by atoms with E-state index >= 15 is 0 Å². The zero-order valence-electron chi connectivity index (χ0n) is 17.1. The molecule has 0 aromatic heterocycles.